The zero-order valence-corrected chi connectivity index (χ0v) is 13.4. The number of halogens is 2. The van der Waals surface area contributed by atoms with E-state index in [1.807, 2.05) is 20.8 Å². The number of aromatic nitrogens is 2. The molecular weight excluding hydrogens is 311 g/mol. The maximum absolute atomic E-state index is 12.0. The highest BCUT2D eigenvalue weighted by Crippen LogP contribution is 2.28. The second kappa shape index (κ2) is 5.59. The quantitative estimate of drug-likeness (QED) is 0.793. The Balaban J connectivity index is 2.62. The van der Waals surface area contributed by atoms with Gasteiger partial charge in [-0.3, -0.25) is 0 Å². The SMILES string of the molecule is C#CCc1cc(-n2nc(C(C)(C)C)oc2=O)c(Cl)cc1Cl. The number of rotatable bonds is 2. The Bertz CT molecular complexity index is 776. The van der Waals surface area contributed by atoms with E-state index < -0.39 is 5.76 Å². The second-order valence-electron chi connectivity index (χ2n) is 5.61. The van der Waals surface area contributed by atoms with Crippen LogP contribution in [0.4, 0.5) is 0 Å². The summed E-state index contributed by atoms with van der Waals surface area (Å²) in [5.74, 6) is 2.24. The zero-order valence-electron chi connectivity index (χ0n) is 11.9. The summed E-state index contributed by atoms with van der Waals surface area (Å²) in [5, 5.41) is 4.96. The lowest BCUT2D eigenvalue weighted by molar-refractivity contribution is 0.375. The van der Waals surface area contributed by atoms with Gasteiger partial charge in [-0.25, -0.2) is 4.79 Å². The lowest BCUT2D eigenvalue weighted by Gasteiger charge is -2.11. The van der Waals surface area contributed by atoms with Crippen molar-refractivity contribution in [3.8, 4) is 18.0 Å². The van der Waals surface area contributed by atoms with Crippen molar-refractivity contribution < 1.29 is 4.42 Å². The Labute approximate surface area is 132 Å². The predicted octanol–water partition coefficient (Wildman–Crippen LogP) is 3.61. The van der Waals surface area contributed by atoms with Crippen LogP contribution in [-0.4, -0.2) is 9.78 Å². The molecule has 0 aliphatic rings. The molecule has 110 valence electrons. The topological polar surface area (TPSA) is 48.0 Å². The minimum Gasteiger partial charge on any atom is -0.391 e. The standard InChI is InChI=1S/C15H14Cl2N2O2/c1-5-6-9-7-12(11(17)8-10(9)16)19-14(20)21-13(18-19)15(2,3)4/h1,7-8H,6H2,2-4H3. The van der Waals surface area contributed by atoms with Crippen molar-refractivity contribution in [3.63, 3.8) is 0 Å². The fraction of sp³-hybridized carbons (Fsp3) is 0.333. The van der Waals surface area contributed by atoms with Gasteiger partial charge < -0.3 is 4.42 Å². The molecule has 0 atom stereocenters. The lowest BCUT2D eigenvalue weighted by Crippen LogP contribution is -2.15. The van der Waals surface area contributed by atoms with Gasteiger partial charge in [0.1, 0.15) is 0 Å². The number of hydrogen-bond acceptors (Lipinski definition) is 3. The van der Waals surface area contributed by atoms with Gasteiger partial charge in [0.2, 0.25) is 5.89 Å². The number of terminal acetylenes is 1. The maximum atomic E-state index is 12.0. The summed E-state index contributed by atoms with van der Waals surface area (Å²) in [6.45, 7) is 5.70. The van der Waals surface area contributed by atoms with Crippen LogP contribution >= 0.6 is 23.2 Å². The average molecular weight is 325 g/mol. The van der Waals surface area contributed by atoms with Gasteiger partial charge in [0.25, 0.3) is 0 Å². The van der Waals surface area contributed by atoms with E-state index in [0.717, 1.165) is 4.68 Å². The summed E-state index contributed by atoms with van der Waals surface area (Å²) in [4.78, 5) is 12.0. The summed E-state index contributed by atoms with van der Waals surface area (Å²) < 4.78 is 6.31. The van der Waals surface area contributed by atoms with E-state index in [2.05, 4.69) is 11.0 Å². The third-order valence-electron chi connectivity index (χ3n) is 2.83. The Hall–Kier alpha value is -1.70. The van der Waals surface area contributed by atoms with E-state index >= 15 is 0 Å². The largest absolute Gasteiger partial charge is 0.442 e. The first-order chi connectivity index (χ1) is 9.74. The highest BCUT2D eigenvalue weighted by Gasteiger charge is 2.24. The summed E-state index contributed by atoms with van der Waals surface area (Å²) in [6.07, 6.45) is 5.64. The third kappa shape index (κ3) is 3.15. The fourth-order valence-corrected chi connectivity index (χ4v) is 2.25. The smallest absolute Gasteiger partial charge is 0.391 e. The molecular formula is C15H14Cl2N2O2. The van der Waals surface area contributed by atoms with Crippen LogP contribution in [0, 0.1) is 12.3 Å². The first-order valence-electron chi connectivity index (χ1n) is 6.26. The molecule has 1 heterocycles. The molecule has 21 heavy (non-hydrogen) atoms. The molecule has 6 heteroatoms. The van der Waals surface area contributed by atoms with Gasteiger partial charge >= 0.3 is 5.76 Å². The predicted molar refractivity (Wildman–Crippen MR) is 83.4 cm³/mol. The van der Waals surface area contributed by atoms with Crippen LogP contribution in [0.25, 0.3) is 5.69 Å². The molecule has 0 fully saturated rings. The Morgan fingerprint density at radius 3 is 2.52 bits per heavy atom. The van der Waals surface area contributed by atoms with E-state index in [1.54, 1.807) is 12.1 Å². The summed E-state index contributed by atoms with van der Waals surface area (Å²) in [5.41, 5.74) is 0.714. The van der Waals surface area contributed by atoms with E-state index in [-0.39, 0.29) is 5.41 Å². The van der Waals surface area contributed by atoms with Gasteiger partial charge in [0.15, 0.2) is 0 Å². The highest BCUT2D eigenvalue weighted by molar-refractivity contribution is 6.36. The monoisotopic (exact) mass is 324 g/mol. The molecule has 2 aromatic rings. The average Bonchev–Trinajstić information content (AvgIpc) is 2.75. The molecule has 0 saturated carbocycles. The van der Waals surface area contributed by atoms with Crippen molar-refractivity contribution >= 4 is 23.2 Å². The minimum atomic E-state index is -0.601. The Morgan fingerprint density at radius 1 is 1.33 bits per heavy atom. The van der Waals surface area contributed by atoms with E-state index in [0.29, 0.717) is 33.6 Å². The van der Waals surface area contributed by atoms with Gasteiger partial charge in [-0.15, -0.1) is 17.4 Å². The molecule has 0 amide bonds. The highest BCUT2D eigenvalue weighted by atomic mass is 35.5. The molecule has 0 bridgehead atoms. The number of benzene rings is 1. The van der Waals surface area contributed by atoms with Crippen LogP contribution in [0.3, 0.4) is 0 Å². The molecule has 0 aliphatic carbocycles. The van der Waals surface area contributed by atoms with Crippen molar-refractivity contribution in [2.45, 2.75) is 32.6 Å². The molecule has 0 N–H and O–H groups in total. The Kier molecular flexibility index (Phi) is 4.18. The summed E-state index contributed by atoms with van der Waals surface area (Å²) >= 11 is 12.2. The van der Waals surface area contributed by atoms with Gasteiger partial charge in [0.05, 0.1) is 10.7 Å². The van der Waals surface area contributed by atoms with E-state index in [1.165, 1.54) is 0 Å². The number of hydrogen-bond donors (Lipinski definition) is 0. The van der Waals surface area contributed by atoms with Crippen molar-refractivity contribution in [1.82, 2.24) is 9.78 Å². The first-order valence-corrected chi connectivity index (χ1v) is 7.02. The van der Waals surface area contributed by atoms with Crippen LogP contribution in [0.1, 0.15) is 32.2 Å². The van der Waals surface area contributed by atoms with Crippen LogP contribution in [0.5, 0.6) is 0 Å². The van der Waals surface area contributed by atoms with Gasteiger partial charge in [-0.2, -0.15) is 4.68 Å². The minimum absolute atomic E-state index is 0.302. The second-order valence-corrected chi connectivity index (χ2v) is 6.43. The van der Waals surface area contributed by atoms with E-state index in [9.17, 15) is 4.79 Å². The van der Waals surface area contributed by atoms with Crippen molar-refractivity contribution in [2.75, 3.05) is 0 Å². The number of nitrogens with zero attached hydrogens (tertiary/aromatic N) is 2. The fourth-order valence-electron chi connectivity index (χ4n) is 1.72. The van der Waals surface area contributed by atoms with Crippen LogP contribution in [0.15, 0.2) is 21.3 Å². The molecule has 0 spiro atoms. The molecule has 0 radical (unpaired) electrons. The van der Waals surface area contributed by atoms with Crippen molar-refractivity contribution in [3.05, 3.63) is 44.2 Å². The molecule has 4 nitrogen and oxygen atoms in total. The third-order valence-corrected chi connectivity index (χ3v) is 3.48. The van der Waals surface area contributed by atoms with Gasteiger partial charge in [-0.05, 0) is 17.7 Å². The van der Waals surface area contributed by atoms with Gasteiger partial charge in [0, 0.05) is 16.9 Å². The van der Waals surface area contributed by atoms with Crippen molar-refractivity contribution in [2.24, 2.45) is 0 Å². The molecule has 0 unspecified atom stereocenters. The molecule has 0 saturated heterocycles. The molecule has 1 aromatic carbocycles. The van der Waals surface area contributed by atoms with Crippen LogP contribution in [0.2, 0.25) is 10.0 Å². The lowest BCUT2D eigenvalue weighted by atomic mass is 9.97. The molecule has 1 aromatic heterocycles. The van der Waals surface area contributed by atoms with Crippen LogP contribution in [-0.2, 0) is 11.8 Å². The molecule has 2 rings (SSSR count). The first kappa shape index (κ1) is 15.7. The normalized spacial score (nSPS) is 11.4. The van der Waals surface area contributed by atoms with Crippen LogP contribution < -0.4 is 5.76 Å². The summed E-state index contributed by atoms with van der Waals surface area (Å²) in [6, 6.07) is 3.20. The van der Waals surface area contributed by atoms with Gasteiger partial charge in [-0.1, -0.05) is 44.0 Å². The molecule has 0 aliphatic heterocycles. The van der Waals surface area contributed by atoms with Crippen molar-refractivity contribution in [1.29, 1.82) is 0 Å². The maximum Gasteiger partial charge on any atom is 0.442 e. The summed E-state index contributed by atoms with van der Waals surface area (Å²) in [7, 11) is 0. The Morgan fingerprint density at radius 2 is 2.00 bits per heavy atom. The zero-order chi connectivity index (χ0) is 15.8. The van der Waals surface area contributed by atoms with E-state index in [4.69, 9.17) is 34.0 Å².